The van der Waals surface area contributed by atoms with Crippen LogP contribution in [0.25, 0.3) is 11.0 Å². The fourth-order valence-corrected chi connectivity index (χ4v) is 2.87. The number of non-ortho nitro benzene ring substituents is 1. The molecule has 0 saturated heterocycles. The number of thioether (sulfide) groups is 1. The Morgan fingerprint density at radius 3 is 2.70 bits per heavy atom. The molecule has 1 aliphatic rings. The first-order valence-corrected chi connectivity index (χ1v) is 7.38. The van der Waals surface area contributed by atoms with E-state index in [4.69, 9.17) is 0 Å². The van der Waals surface area contributed by atoms with Gasteiger partial charge in [0.15, 0.2) is 5.17 Å². The van der Waals surface area contributed by atoms with E-state index in [9.17, 15) is 19.7 Å². The van der Waals surface area contributed by atoms with Crippen LogP contribution in [0.3, 0.4) is 0 Å². The first-order chi connectivity index (χ1) is 10.5. The third-order valence-corrected chi connectivity index (χ3v) is 4.06. The molecule has 2 heterocycles. The van der Waals surface area contributed by atoms with Crippen molar-refractivity contribution >= 4 is 50.6 Å². The van der Waals surface area contributed by atoms with E-state index in [0.717, 1.165) is 17.5 Å². The van der Waals surface area contributed by atoms with Gasteiger partial charge in [0.1, 0.15) is 0 Å². The molecule has 0 spiro atoms. The summed E-state index contributed by atoms with van der Waals surface area (Å²) < 4.78 is 0. The van der Waals surface area contributed by atoms with Gasteiger partial charge in [0.2, 0.25) is 0 Å². The van der Waals surface area contributed by atoms with Gasteiger partial charge in [-0.15, -0.1) is 17.0 Å². The lowest BCUT2D eigenvalue weighted by Crippen LogP contribution is -2.29. The number of H-pyrrole nitrogens is 2. The molecular formula is C12H12BrN5O4S. The average molecular weight is 402 g/mol. The van der Waals surface area contributed by atoms with E-state index in [1.54, 1.807) is 11.8 Å². The summed E-state index contributed by atoms with van der Waals surface area (Å²) in [6.45, 7) is 0.985. The molecule has 11 heteroatoms. The second kappa shape index (κ2) is 6.96. The van der Waals surface area contributed by atoms with Crippen molar-refractivity contribution in [1.82, 2.24) is 15.3 Å². The number of benzene rings is 1. The van der Waals surface area contributed by atoms with Crippen LogP contribution in [-0.2, 0) is 6.54 Å². The highest BCUT2D eigenvalue weighted by molar-refractivity contribution is 8.93. The minimum atomic E-state index is -0.845. The number of aromatic nitrogens is 2. The Hall–Kier alpha value is -2.14. The average Bonchev–Trinajstić information content (AvgIpc) is 2.99. The Morgan fingerprint density at radius 2 is 2.04 bits per heavy atom. The van der Waals surface area contributed by atoms with Crippen molar-refractivity contribution in [2.24, 2.45) is 4.99 Å². The summed E-state index contributed by atoms with van der Waals surface area (Å²) in [7, 11) is 0. The number of halogens is 1. The molecule has 0 unspecified atom stereocenters. The number of aliphatic imine (C=N–C) groups is 1. The number of nitro groups is 1. The second-order valence-electron chi connectivity index (χ2n) is 4.58. The van der Waals surface area contributed by atoms with Crippen molar-refractivity contribution in [3.05, 3.63) is 48.5 Å². The normalized spacial score (nSPS) is 13.5. The van der Waals surface area contributed by atoms with E-state index in [1.807, 2.05) is 0 Å². The molecule has 9 nitrogen and oxygen atoms in total. The molecule has 1 aliphatic heterocycles. The van der Waals surface area contributed by atoms with Crippen LogP contribution in [0, 0.1) is 10.1 Å². The van der Waals surface area contributed by atoms with Crippen LogP contribution < -0.4 is 16.4 Å². The molecule has 23 heavy (non-hydrogen) atoms. The van der Waals surface area contributed by atoms with Gasteiger partial charge in [-0.1, -0.05) is 11.8 Å². The lowest BCUT2D eigenvalue weighted by molar-refractivity contribution is -0.384. The SMILES string of the molecule is Br.O=c1[nH]c2cc([N+](=O)[O-])cc(CNC3=NCCS3)c2[nH]c1=O. The molecule has 3 N–H and O–H groups in total. The smallest absolute Gasteiger partial charge is 0.314 e. The minimum Gasteiger partial charge on any atom is -0.361 e. The predicted octanol–water partition coefficient (Wildman–Crippen LogP) is 0.895. The summed E-state index contributed by atoms with van der Waals surface area (Å²) in [4.78, 5) is 42.4. The molecule has 0 atom stereocenters. The largest absolute Gasteiger partial charge is 0.361 e. The highest BCUT2D eigenvalue weighted by Gasteiger charge is 2.15. The molecule has 3 rings (SSSR count). The number of hydrogen-bond acceptors (Lipinski definition) is 7. The van der Waals surface area contributed by atoms with Crippen molar-refractivity contribution in [3.8, 4) is 0 Å². The molecule has 0 radical (unpaired) electrons. The zero-order chi connectivity index (χ0) is 15.7. The summed E-state index contributed by atoms with van der Waals surface area (Å²) in [6, 6.07) is 2.59. The number of nitro benzene ring substituents is 1. The van der Waals surface area contributed by atoms with E-state index in [2.05, 4.69) is 20.3 Å². The number of rotatable bonds is 3. The lowest BCUT2D eigenvalue weighted by Gasteiger charge is -2.08. The topological polar surface area (TPSA) is 133 Å². The molecule has 2 aromatic rings. The van der Waals surface area contributed by atoms with Crippen molar-refractivity contribution in [3.63, 3.8) is 0 Å². The van der Waals surface area contributed by atoms with Gasteiger partial charge in [-0.05, 0) is 0 Å². The summed E-state index contributed by atoms with van der Waals surface area (Å²) in [5.74, 6) is 0.891. The predicted molar refractivity (Wildman–Crippen MR) is 93.8 cm³/mol. The Morgan fingerprint density at radius 1 is 1.30 bits per heavy atom. The zero-order valence-electron chi connectivity index (χ0n) is 11.6. The van der Waals surface area contributed by atoms with E-state index in [1.165, 1.54) is 12.1 Å². The number of nitrogens with zero attached hydrogens (tertiary/aromatic N) is 2. The number of hydrogen-bond donors (Lipinski definition) is 3. The van der Waals surface area contributed by atoms with Gasteiger partial charge >= 0.3 is 11.1 Å². The number of fused-ring (bicyclic) bond motifs is 1. The first-order valence-electron chi connectivity index (χ1n) is 6.39. The van der Waals surface area contributed by atoms with Crippen LogP contribution in [0.15, 0.2) is 26.7 Å². The molecule has 0 saturated carbocycles. The number of nitrogens with one attached hydrogen (secondary N) is 3. The van der Waals surface area contributed by atoms with Crippen LogP contribution in [0.5, 0.6) is 0 Å². The van der Waals surface area contributed by atoms with Gasteiger partial charge in [0.05, 0.1) is 22.5 Å². The van der Waals surface area contributed by atoms with E-state index >= 15 is 0 Å². The van der Waals surface area contributed by atoms with Gasteiger partial charge < -0.3 is 15.3 Å². The highest BCUT2D eigenvalue weighted by atomic mass is 79.9. The van der Waals surface area contributed by atoms with Crippen LogP contribution >= 0.6 is 28.7 Å². The highest BCUT2D eigenvalue weighted by Crippen LogP contribution is 2.21. The third kappa shape index (κ3) is 3.62. The van der Waals surface area contributed by atoms with Crippen LogP contribution in [0.4, 0.5) is 5.69 Å². The summed E-state index contributed by atoms with van der Waals surface area (Å²) >= 11 is 1.56. The maximum absolute atomic E-state index is 11.5. The number of aromatic amines is 2. The third-order valence-electron chi connectivity index (χ3n) is 3.12. The molecule has 0 amide bonds. The standard InChI is InChI=1S/C12H11N5O4S.BrH/c18-10-11(19)16-9-6(5-14-12-13-1-2-22-12)3-7(17(20)21)4-8(9)15-10;/h3-4H,1-2,5H2,(H,13,14)(H,15,18)(H,16,19);1H. The van der Waals surface area contributed by atoms with Crippen LogP contribution in [0.2, 0.25) is 0 Å². The molecule has 0 bridgehead atoms. The van der Waals surface area contributed by atoms with Gasteiger partial charge in [0, 0.05) is 30.0 Å². The molecule has 122 valence electrons. The van der Waals surface area contributed by atoms with Crippen molar-refractivity contribution < 1.29 is 4.92 Å². The molecule has 1 aromatic heterocycles. The lowest BCUT2D eigenvalue weighted by atomic mass is 10.1. The molecule has 0 aliphatic carbocycles. The Balaban J connectivity index is 0.00000192. The first kappa shape index (κ1) is 17.2. The fourth-order valence-electron chi connectivity index (χ4n) is 2.14. The maximum Gasteiger partial charge on any atom is 0.314 e. The Bertz CT molecular complexity index is 906. The Labute approximate surface area is 143 Å². The van der Waals surface area contributed by atoms with E-state index in [-0.39, 0.29) is 34.7 Å². The van der Waals surface area contributed by atoms with Gasteiger partial charge in [-0.3, -0.25) is 24.7 Å². The number of amidine groups is 1. The van der Waals surface area contributed by atoms with Gasteiger partial charge in [0.25, 0.3) is 5.69 Å². The van der Waals surface area contributed by atoms with Crippen molar-refractivity contribution in [1.29, 1.82) is 0 Å². The summed E-state index contributed by atoms with van der Waals surface area (Å²) in [5.41, 5.74) is -0.707. The van der Waals surface area contributed by atoms with Crippen LogP contribution in [-0.4, -0.2) is 32.4 Å². The summed E-state index contributed by atoms with van der Waals surface area (Å²) in [6.07, 6.45) is 0. The van der Waals surface area contributed by atoms with Gasteiger partial charge in [-0.25, -0.2) is 0 Å². The monoisotopic (exact) mass is 401 g/mol. The molecular weight excluding hydrogens is 390 g/mol. The molecule has 0 fully saturated rings. The molecule has 1 aromatic carbocycles. The van der Waals surface area contributed by atoms with Crippen molar-refractivity contribution in [2.75, 3.05) is 12.3 Å². The van der Waals surface area contributed by atoms with Gasteiger partial charge in [-0.2, -0.15) is 0 Å². The van der Waals surface area contributed by atoms with E-state index in [0.29, 0.717) is 11.1 Å². The fraction of sp³-hybridized carbons (Fsp3) is 0.250. The van der Waals surface area contributed by atoms with E-state index < -0.39 is 16.0 Å². The second-order valence-corrected chi connectivity index (χ2v) is 5.67. The summed E-state index contributed by atoms with van der Waals surface area (Å²) in [5, 5.41) is 14.8. The Kier molecular flexibility index (Phi) is 5.21. The zero-order valence-corrected chi connectivity index (χ0v) is 14.1. The minimum absolute atomic E-state index is 0. The van der Waals surface area contributed by atoms with Crippen LogP contribution in [0.1, 0.15) is 5.56 Å². The van der Waals surface area contributed by atoms with Crippen molar-refractivity contribution in [2.45, 2.75) is 6.54 Å². The quantitative estimate of drug-likeness (QED) is 0.397. The maximum atomic E-state index is 11.5.